The average molecular weight is 320 g/mol. The van der Waals surface area contributed by atoms with Gasteiger partial charge in [0.05, 0.1) is 17.4 Å². The highest BCUT2D eigenvalue weighted by Crippen LogP contribution is 2.53. The van der Waals surface area contributed by atoms with Crippen molar-refractivity contribution in [1.82, 2.24) is 0 Å². The van der Waals surface area contributed by atoms with E-state index in [1.807, 2.05) is 24.3 Å². The van der Waals surface area contributed by atoms with Gasteiger partial charge < -0.3 is 10.8 Å². The second-order valence-electron chi connectivity index (χ2n) is 4.55. The molecular weight excluding hydrogens is 306 g/mol. The van der Waals surface area contributed by atoms with Gasteiger partial charge in [0.1, 0.15) is 0 Å². The van der Waals surface area contributed by atoms with Gasteiger partial charge in [-0.25, -0.2) is 8.42 Å². The molecule has 0 amide bonds. The lowest BCUT2D eigenvalue weighted by Gasteiger charge is -2.06. The Bertz CT molecular complexity index is 528. The first-order chi connectivity index (χ1) is 7.80. The van der Waals surface area contributed by atoms with E-state index in [9.17, 15) is 13.5 Å². The number of sulfone groups is 1. The highest BCUT2D eigenvalue weighted by atomic mass is 79.9. The van der Waals surface area contributed by atoms with Crippen LogP contribution in [0.5, 0.6) is 0 Å². The minimum absolute atomic E-state index is 0.324. The van der Waals surface area contributed by atoms with Gasteiger partial charge >= 0.3 is 0 Å². The number of aliphatic hydroxyl groups excluding tert-OH is 1. The molecule has 1 aromatic carbocycles. The van der Waals surface area contributed by atoms with Gasteiger partial charge in [-0.2, -0.15) is 0 Å². The number of hydrogen-bond donors (Lipinski definition) is 2. The molecule has 1 saturated carbocycles. The summed E-state index contributed by atoms with van der Waals surface area (Å²) in [6.45, 7) is -0.328. The fraction of sp³-hybridized carbons (Fsp3) is 0.455. The van der Waals surface area contributed by atoms with Gasteiger partial charge in [0.2, 0.25) is 0 Å². The van der Waals surface area contributed by atoms with Crippen molar-refractivity contribution in [3.05, 3.63) is 34.3 Å². The van der Waals surface area contributed by atoms with E-state index in [1.165, 1.54) is 0 Å². The molecular formula is C11H14BrNO3S. The summed E-state index contributed by atoms with van der Waals surface area (Å²) in [6.07, 6.45) is 1.16. The fourth-order valence-electron chi connectivity index (χ4n) is 2.41. The molecule has 1 aromatic rings. The molecule has 6 heteroatoms. The van der Waals surface area contributed by atoms with Crippen molar-refractivity contribution < 1.29 is 13.5 Å². The summed E-state index contributed by atoms with van der Waals surface area (Å²) in [5.41, 5.74) is 5.76. The lowest BCUT2D eigenvalue weighted by Crippen LogP contribution is -2.34. The van der Waals surface area contributed by atoms with E-state index in [2.05, 4.69) is 15.9 Å². The molecule has 0 aromatic heterocycles. The van der Waals surface area contributed by atoms with Gasteiger partial charge in [0.25, 0.3) is 0 Å². The topological polar surface area (TPSA) is 80.4 Å². The Kier molecular flexibility index (Phi) is 3.10. The second-order valence-corrected chi connectivity index (χ2v) is 7.63. The molecule has 0 saturated heterocycles. The van der Waals surface area contributed by atoms with Crippen molar-refractivity contribution in [1.29, 1.82) is 0 Å². The maximum atomic E-state index is 11.6. The van der Waals surface area contributed by atoms with E-state index in [-0.39, 0.29) is 12.5 Å². The Balaban J connectivity index is 2.37. The van der Waals surface area contributed by atoms with Crippen LogP contribution in [0.1, 0.15) is 11.5 Å². The van der Waals surface area contributed by atoms with E-state index in [0.717, 1.165) is 16.3 Å². The van der Waals surface area contributed by atoms with Crippen molar-refractivity contribution >= 4 is 25.8 Å². The Morgan fingerprint density at radius 2 is 1.94 bits per heavy atom. The molecule has 1 aliphatic carbocycles. The lowest BCUT2D eigenvalue weighted by atomic mass is 10.1. The lowest BCUT2D eigenvalue weighted by molar-refractivity contribution is 0.253. The molecule has 0 radical (unpaired) electrons. The van der Waals surface area contributed by atoms with E-state index >= 15 is 0 Å². The maximum absolute atomic E-state index is 11.6. The molecule has 94 valence electrons. The van der Waals surface area contributed by atoms with Crippen molar-refractivity contribution in [2.24, 2.45) is 5.73 Å². The zero-order valence-electron chi connectivity index (χ0n) is 9.30. The molecule has 0 heterocycles. The highest BCUT2D eigenvalue weighted by Gasteiger charge is 2.67. The molecule has 1 aliphatic rings. The Morgan fingerprint density at radius 1 is 1.41 bits per heavy atom. The van der Waals surface area contributed by atoms with Crippen LogP contribution in [0.2, 0.25) is 0 Å². The summed E-state index contributed by atoms with van der Waals surface area (Å²) < 4.78 is 24.2. The Hall–Kier alpha value is -0.430. The van der Waals surface area contributed by atoms with Crippen LogP contribution in [0.25, 0.3) is 0 Å². The summed E-state index contributed by atoms with van der Waals surface area (Å²) in [6, 6.07) is 7.34. The molecule has 17 heavy (non-hydrogen) atoms. The van der Waals surface area contributed by atoms with Crippen LogP contribution in [-0.4, -0.2) is 37.2 Å². The van der Waals surface area contributed by atoms with Crippen LogP contribution in [0.4, 0.5) is 0 Å². The first-order valence-corrected chi connectivity index (χ1v) is 7.89. The van der Waals surface area contributed by atoms with E-state index in [1.54, 1.807) is 0 Å². The van der Waals surface area contributed by atoms with Crippen LogP contribution in [0.3, 0.4) is 0 Å². The third-order valence-electron chi connectivity index (χ3n) is 3.27. The van der Waals surface area contributed by atoms with Gasteiger partial charge in [0, 0.05) is 16.6 Å². The van der Waals surface area contributed by atoms with Crippen LogP contribution in [0.15, 0.2) is 28.7 Å². The average Bonchev–Trinajstić information content (AvgIpc) is 2.87. The largest absolute Gasteiger partial charge is 0.394 e. The summed E-state index contributed by atoms with van der Waals surface area (Å²) >= 11 is 3.32. The number of aliphatic hydroxyl groups is 1. The third-order valence-corrected chi connectivity index (χ3v) is 5.43. The minimum Gasteiger partial charge on any atom is -0.394 e. The number of rotatable bonds is 3. The Morgan fingerprint density at radius 3 is 2.29 bits per heavy atom. The predicted molar refractivity (Wildman–Crippen MR) is 69.5 cm³/mol. The quantitative estimate of drug-likeness (QED) is 0.857. The molecule has 0 bridgehead atoms. The predicted octanol–water partition coefficient (Wildman–Crippen LogP) is 0.649. The minimum atomic E-state index is -3.25. The number of halogens is 1. The number of benzene rings is 1. The first-order valence-electron chi connectivity index (χ1n) is 5.15. The smallest absolute Gasteiger partial charge is 0.152 e. The summed E-state index contributed by atoms with van der Waals surface area (Å²) in [5, 5.41) is 8.59. The zero-order chi connectivity index (χ0) is 12.8. The SMILES string of the molecule is CS(=O)(=O)[C@H]1[C@@H](c2ccc(Br)cc2)[C@@]1(N)CO. The molecule has 1 fully saturated rings. The number of hydrogen-bond acceptors (Lipinski definition) is 4. The van der Waals surface area contributed by atoms with Gasteiger partial charge in [-0.3, -0.25) is 0 Å². The third kappa shape index (κ3) is 2.14. The van der Waals surface area contributed by atoms with Crippen LogP contribution in [0, 0.1) is 0 Å². The van der Waals surface area contributed by atoms with Crippen molar-refractivity contribution in [2.75, 3.05) is 12.9 Å². The van der Waals surface area contributed by atoms with Crippen LogP contribution >= 0.6 is 15.9 Å². The monoisotopic (exact) mass is 319 g/mol. The summed E-state index contributed by atoms with van der Waals surface area (Å²) in [5.74, 6) is -0.324. The fourth-order valence-corrected chi connectivity index (χ4v) is 4.52. The molecule has 0 spiro atoms. The van der Waals surface area contributed by atoms with Crippen molar-refractivity contribution in [3.63, 3.8) is 0 Å². The van der Waals surface area contributed by atoms with E-state index in [4.69, 9.17) is 5.73 Å². The van der Waals surface area contributed by atoms with Crippen molar-refractivity contribution in [3.8, 4) is 0 Å². The second kappa shape index (κ2) is 4.05. The normalized spacial score (nSPS) is 32.5. The van der Waals surface area contributed by atoms with Gasteiger partial charge in [-0.1, -0.05) is 28.1 Å². The maximum Gasteiger partial charge on any atom is 0.152 e. The molecule has 3 atom stereocenters. The van der Waals surface area contributed by atoms with Crippen molar-refractivity contribution in [2.45, 2.75) is 16.7 Å². The molecule has 2 rings (SSSR count). The van der Waals surface area contributed by atoms with Crippen LogP contribution < -0.4 is 5.73 Å². The van der Waals surface area contributed by atoms with Gasteiger partial charge in [-0.15, -0.1) is 0 Å². The first kappa shape index (κ1) is 13.0. The Labute approximate surface area is 109 Å². The summed E-state index contributed by atoms with van der Waals surface area (Å²) in [4.78, 5) is 0. The van der Waals surface area contributed by atoms with Crippen LogP contribution in [-0.2, 0) is 9.84 Å². The zero-order valence-corrected chi connectivity index (χ0v) is 11.7. The molecule has 0 aliphatic heterocycles. The van der Waals surface area contributed by atoms with Gasteiger partial charge in [-0.05, 0) is 17.7 Å². The van der Waals surface area contributed by atoms with Gasteiger partial charge in [0.15, 0.2) is 9.84 Å². The number of nitrogens with two attached hydrogens (primary N) is 1. The molecule has 3 N–H and O–H groups in total. The summed E-state index contributed by atoms with van der Waals surface area (Å²) in [7, 11) is -3.25. The van der Waals surface area contributed by atoms with E-state index in [0.29, 0.717) is 0 Å². The molecule has 4 nitrogen and oxygen atoms in total. The standard InChI is InChI=1S/C11H14BrNO3S/c1-17(15,16)10-9(11(10,13)6-14)7-2-4-8(12)5-3-7/h2-5,9-10,14H,6,13H2,1H3/t9-,10+,11+/m1/s1. The highest BCUT2D eigenvalue weighted by molar-refractivity contribution is 9.10. The van der Waals surface area contributed by atoms with E-state index < -0.39 is 20.6 Å². The molecule has 0 unspecified atom stereocenters.